The molecule has 0 aliphatic rings. The van der Waals surface area contributed by atoms with Gasteiger partial charge in [-0.25, -0.2) is 0 Å². The summed E-state index contributed by atoms with van der Waals surface area (Å²) in [7, 11) is 0. The van der Waals surface area contributed by atoms with Crippen LogP contribution in [0.4, 0.5) is 0 Å². The van der Waals surface area contributed by atoms with Crippen LogP contribution in [0.5, 0.6) is 0 Å². The van der Waals surface area contributed by atoms with Gasteiger partial charge >= 0.3 is 5.97 Å². The van der Waals surface area contributed by atoms with E-state index >= 15 is 0 Å². The molecule has 0 aromatic heterocycles. The van der Waals surface area contributed by atoms with Gasteiger partial charge in [0.2, 0.25) is 0 Å². The summed E-state index contributed by atoms with van der Waals surface area (Å²) >= 11 is 0. The normalized spacial score (nSPS) is 8.57. The molecule has 0 spiro atoms. The Labute approximate surface area is 86.0 Å². The van der Waals surface area contributed by atoms with Gasteiger partial charge in [0.25, 0.3) is 0 Å². The fourth-order valence-electron chi connectivity index (χ4n) is 0.863. The molecule has 0 bridgehead atoms. The summed E-state index contributed by atoms with van der Waals surface area (Å²) in [5.41, 5.74) is 5.31. The van der Waals surface area contributed by atoms with Gasteiger partial charge in [-0.15, -0.1) is 0 Å². The first kappa shape index (κ1) is 12.7. The van der Waals surface area contributed by atoms with Crippen molar-refractivity contribution in [3.05, 3.63) is 29.2 Å². The van der Waals surface area contributed by atoms with Gasteiger partial charge in [-0.2, -0.15) is 0 Å². The van der Waals surface area contributed by atoms with Crippen molar-refractivity contribution < 1.29 is 9.53 Å². The predicted molar refractivity (Wildman–Crippen MR) is 57.7 cm³/mol. The fraction of sp³-hybridized carbons (Fsp3) is 0.500. The molecule has 0 amide bonds. The molecule has 0 rings (SSSR count). The highest BCUT2D eigenvalue weighted by Gasteiger charge is 1.87. The third-order valence-corrected chi connectivity index (χ3v) is 1.60. The maximum atomic E-state index is 10.4. The zero-order valence-corrected chi connectivity index (χ0v) is 9.39. The van der Waals surface area contributed by atoms with Crippen LogP contribution in [-0.4, -0.2) is 5.97 Å². The van der Waals surface area contributed by atoms with E-state index in [2.05, 4.69) is 30.4 Å². The van der Waals surface area contributed by atoms with E-state index in [-0.39, 0.29) is 5.97 Å². The zero-order chi connectivity index (χ0) is 11.0. The van der Waals surface area contributed by atoms with Gasteiger partial charge in [-0.3, -0.25) is 4.79 Å². The summed E-state index contributed by atoms with van der Waals surface area (Å²) in [6.45, 7) is 7.50. The van der Waals surface area contributed by atoms with Gasteiger partial charge in [0.15, 0.2) is 0 Å². The number of carbonyl (C=O) groups is 1. The molecule has 0 unspecified atom stereocenters. The monoisotopic (exact) mass is 194 g/mol. The van der Waals surface area contributed by atoms with Crippen molar-refractivity contribution in [1.82, 2.24) is 0 Å². The summed E-state index contributed by atoms with van der Waals surface area (Å²) in [4.78, 5) is 10.4. The average molecular weight is 194 g/mol. The van der Waals surface area contributed by atoms with Crippen LogP contribution in [0, 0.1) is 0 Å². The Balaban J connectivity index is 3.94. The number of esters is 1. The van der Waals surface area contributed by atoms with Crippen LogP contribution in [0.2, 0.25) is 0 Å². The molecule has 0 saturated carbocycles. The summed E-state index contributed by atoms with van der Waals surface area (Å²) in [5, 5.41) is 0. The minimum absolute atomic E-state index is 0.311. The van der Waals surface area contributed by atoms with Gasteiger partial charge < -0.3 is 4.74 Å². The maximum Gasteiger partial charge on any atom is 0.308 e. The van der Waals surface area contributed by atoms with Crippen molar-refractivity contribution in [3.8, 4) is 0 Å². The number of carbonyl (C=O) groups excluding carboxylic acids is 1. The Morgan fingerprint density at radius 3 is 2.43 bits per heavy atom. The van der Waals surface area contributed by atoms with Crippen LogP contribution >= 0.6 is 0 Å². The first-order valence-electron chi connectivity index (χ1n) is 4.73. The van der Waals surface area contributed by atoms with E-state index in [1.54, 1.807) is 0 Å². The number of rotatable bonds is 4. The van der Waals surface area contributed by atoms with Crippen molar-refractivity contribution in [2.24, 2.45) is 0 Å². The highest BCUT2D eigenvalue weighted by atomic mass is 16.5. The van der Waals surface area contributed by atoms with Crippen LogP contribution in [0.1, 0.15) is 40.5 Å². The van der Waals surface area contributed by atoms with Gasteiger partial charge in [-0.1, -0.05) is 17.4 Å². The molecule has 78 valence electrons. The molecule has 0 aliphatic heterocycles. The largest absolute Gasteiger partial charge is 0.426 e. The molecule has 0 aliphatic carbocycles. The van der Waals surface area contributed by atoms with Crippen LogP contribution < -0.4 is 0 Å². The van der Waals surface area contributed by atoms with Crippen LogP contribution in [0.25, 0.3) is 0 Å². The lowest BCUT2D eigenvalue weighted by atomic mass is 10.1. The van der Waals surface area contributed by atoms with Crippen LogP contribution in [-0.2, 0) is 9.53 Å². The second-order valence-corrected chi connectivity index (χ2v) is 3.47. The van der Waals surface area contributed by atoms with E-state index in [1.807, 2.05) is 6.92 Å². The summed E-state index contributed by atoms with van der Waals surface area (Å²) in [6, 6.07) is 0. The minimum Gasteiger partial charge on any atom is -0.426 e. The lowest BCUT2D eigenvalue weighted by Crippen LogP contribution is -1.88. The van der Waals surface area contributed by atoms with E-state index in [0.29, 0.717) is 0 Å². The third-order valence-electron chi connectivity index (χ3n) is 1.60. The van der Waals surface area contributed by atoms with Crippen molar-refractivity contribution in [1.29, 1.82) is 0 Å². The summed E-state index contributed by atoms with van der Waals surface area (Å²) in [6.07, 6.45) is 5.45. The standard InChI is InChI=1S/C12H18O2/c1-10(2)6-5-7-11(3)8-9-14-12(4)13/h6,9H,5,7H2,1-4H3. The second-order valence-electron chi connectivity index (χ2n) is 3.47. The molecule has 0 aromatic rings. The molecule has 0 saturated heterocycles. The Bertz CT molecular complexity index is 275. The minimum atomic E-state index is -0.311. The number of hydrogen-bond acceptors (Lipinski definition) is 2. The molecular formula is C12H18O2. The third kappa shape index (κ3) is 8.82. The van der Waals surface area contributed by atoms with E-state index in [4.69, 9.17) is 0 Å². The molecule has 2 heteroatoms. The molecule has 0 radical (unpaired) electrons. The van der Waals surface area contributed by atoms with Crippen LogP contribution in [0.15, 0.2) is 29.2 Å². The van der Waals surface area contributed by atoms with Crippen molar-refractivity contribution >= 4 is 5.97 Å². The first-order chi connectivity index (χ1) is 6.52. The maximum absolute atomic E-state index is 10.4. The number of ether oxygens (including phenoxy) is 1. The van der Waals surface area contributed by atoms with Crippen molar-refractivity contribution in [2.45, 2.75) is 40.5 Å². The molecule has 0 N–H and O–H groups in total. The highest BCUT2D eigenvalue weighted by molar-refractivity contribution is 5.66. The Morgan fingerprint density at radius 2 is 1.93 bits per heavy atom. The lowest BCUT2D eigenvalue weighted by molar-refractivity contribution is -0.135. The average Bonchev–Trinajstić information content (AvgIpc) is 2.02. The molecule has 2 nitrogen and oxygen atoms in total. The Morgan fingerprint density at radius 1 is 1.29 bits per heavy atom. The SMILES string of the molecule is CC(=O)OC=C=C(C)CCC=C(C)C. The van der Waals surface area contributed by atoms with Gasteiger partial charge in [0.05, 0.1) is 0 Å². The van der Waals surface area contributed by atoms with Crippen molar-refractivity contribution in [2.75, 3.05) is 0 Å². The Kier molecular flexibility index (Phi) is 6.51. The molecule has 0 aromatic carbocycles. The van der Waals surface area contributed by atoms with E-state index in [0.717, 1.165) is 18.4 Å². The van der Waals surface area contributed by atoms with E-state index in [1.165, 1.54) is 18.8 Å². The van der Waals surface area contributed by atoms with Gasteiger partial charge in [-0.05, 0) is 39.2 Å². The van der Waals surface area contributed by atoms with E-state index in [9.17, 15) is 4.79 Å². The summed E-state index contributed by atoms with van der Waals surface area (Å²) < 4.78 is 4.63. The molecule has 0 atom stereocenters. The van der Waals surface area contributed by atoms with Crippen LogP contribution in [0.3, 0.4) is 0 Å². The van der Waals surface area contributed by atoms with E-state index < -0.39 is 0 Å². The Hall–Kier alpha value is -1.27. The first-order valence-corrected chi connectivity index (χ1v) is 4.73. The van der Waals surface area contributed by atoms with Gasteiger partial charge in [0, 0.05) is 6.92 Å². The highest BCUT2D eigenvalue weighted by Crippen LogP contribution is 2.04. The zero-order valence-electron chi connectivity index (χ0n) is 9.39. The molecular weight excluding hydrogens is 176 g/mol. The fourth-order valence-corrected chi connectivity index (χ4v) is 0.863. The van der Waals surface area contributed by atoms with Gasteiger partial charge in [0.1, 0.15) is 6.26 Å². The molecule has 0 fully saturated rings. The molecule has 0 heterocycles. The topological polar surface area (TPSA) is 26.3 Å². The quantitative estimate of drug-likeness (QED) is 0.297. The summed E-state index contributed by atoms with van der Waals surface area (Å²) in [5.74, 6) is -0.311. The number of allylic oxidation sites excluding steroid dienone is 3. The number of hydrogen-bond donors (Lipinski definition) is 0. The van der Waals surface area contributed by atoms with Crippen molar-refractivity contribution in [3.63, 3.8) is 0 Å². The smallest absolute Gasteiger partial charge is 0.308 e. The molecule has 14 heavy (non-hydrogen) atoms. The predicted octanol–water partition coefficient (Wildman–Crippen LogP) is 3.35. The second kappa shape index (κ2) is 7.16. The lowest BCUT2D eigenvalue weighted by Gasteiger charge is -1.94.